The van der Waals surface area contributed by atoms with E-state index in [1.807, 2.05) is 0 Å². The smallest absolute Gasteiger partial charge is 0.227 e. The average Bonchev–Trinajstić information content (AvgIpc) is 2.59. The van der Waals surface area contributed by atoms with Crippen LogP contribution in [0.25, 0.3) is 0 Å². The molecule has 14 heavy (non-hydrogen) atoms. The van der Waals surface area contributed by atoms with Crippen LogP contribution in [0.3, 0.4) is 0 Å². The van der Waals surface area contributed by atoms with Gasteiger partial charge in [0.05, 0.1) is 5.41 Å². The van der Waals surface area contributed by atoms with Gasteiger partial charge in [0.2, 0.25) is 5.91 Å². The fraction of sp³-hybridized carbons (Fsp3) is 0.909. The number of amides is 1. The number of nitrogens with one attached hydrogen (secondary N) is 1. The van der Waals surface area contributed by atoms with E-state index >= 15 is 0 Å². The summed E-state index contributed by atoms with van der Waals surface area (Å²) >= 11 is 0. The van der Waals surface area contributed by atoms with E-state index in [4.69, 9.17) is 0 Å². The highest BCUT2D eigenvalue weighted by molar-refractivity contribution is 5.83. The first kappa shape index (κ1) is 9.97. The minimum atomic E-state index is -0.0352. The number of carbonyl (C=O) groups is 1. The van der Waals surface area contributed by atoms with E-state index in [2.05, 4.69) is 17.1 Å². The molecule has 2 aliphatic rings. The van der Waals surface area contributed by atoms with Crippen molar-refractivity contribution >= 4 is 5.91 Å². The first-order valence-corrected chi connectivity index (χ1v) is 5.77. The highest BCUT2D eigenvalue weighted by atomic mass is 16.2. The number of hydrogen-bond donors (Lipinski definition) is 1. The monoisotopic (exact) mass is 196 g/mol. The second-order valence-electron chi connectivity index (χ2n) is 4.61. The summed E-state index contributed by atoms with van der Waals surface area (Å²) in [6, 6.07) is 0. The van der Waals surface area contributed by atoms with Gasteiger partial charge >= 0.3 is 0 Å². The number of rotatable bonds is 1. The lowest BCUT2D eigenvalue weighted by Crippen LogP contribution is -2.42. The van der Waals surface area contributed by atoms with Gasteiger partial charge in [-0.3, -0.25) is 4.79 Å². The Kier molecular flexibility index (Phi) is 2.77. The summed E-state index contributed by atoms with van der Waals surface area (Å²) in [6.45, 7) is 6.07. The average molecular weight is 196 g/mol. The fourth-order valence-corrected chi connectivity index (χ4v) is 2.80. The molecule has 0 bridgehead atoms. The van der Waals surface area contributed by atoms with Crippen LogP contribution in [-0.2, 0) is 4.79 Å². The predicted molar refractivity (Wildman–Crippen MR) is 56.0 cm³/mol. The standard InChI is InChI=1S/C11H20N2O/c1-2-13-8-7-12-10(14)11(9-13)5-3-4-6-11/h2-9H2,1H3,(H,12,14). The van der Waals surface area contributed by atoms with E-state index in [9.17, 15) is 4.79 Å². The quantitative estimate of drug-likeness (QED) is 0.678. The molecule has 1 saturated carbocycles. The summed E-state index contributed by atoms with van der Waals surface area (Å²) in [6.07, 6.45) is 4.64. The van der Waals surface area contributed by atoms with Gasteiger partial charge in [-0.2, -0.15) is 0 Å². The summed E-state index contributed by atoms with van der Waals surface area (Å²) < 4.78 is 0. The molecule has 1 aliphatic heterocycles. The molecule has 0 aromatic heterocycles. The van der Waals surface area contributed by atoms with Crippen molar-refractivity contribution in [1.29, 1.82) is 0 Å². The Hall–Kier alpha value is -0.570. The SMILES string of the molecule is CCN1CCNC(=O)C2(CCCC2)C1. The van der Waals surface area contributed by atoms with E-state index in [0.717, 1.165) is 39.0 Å². The molecular weight excluding hydrogens is 176 g/mol. The molecule has 0 aromatic carbocycles. The first-order valence-electron chi connectivity index (χ1n) is 5.77. The Morgan fingerprint density at radius 2 is 2.14 bits per heavy atom. The van der Waals surface area contributed by atoms with Gasteiger partial charge in [-0.05, 0) is 19.4 Å². The van der Waals surface area contributed by atoms with E-state index < -0.39 is 0 Å². The molecule has 0 atom stereocenters. The van der Waals surface area contributed by atoms with Crippen LogP contribution >= 0.6 is 0 Å². The molecule has 1 saturated heterocycles. The van der Waals surface area contributed by atoms with Crippen LogP contribution in [0.4, 0.5) is 0 Å². The Morgan fingerprint density at radius 1 is 1.43 bits per heavy atom. The van der Waals surface area contributed by atoms with Crippen molar-refractivity contribution in [1.82, 2.24) is 10.2 Å². The van der Waals surface area contributed by atoms with Crippen LogP contribution < -0.4 is 5.32 Å². The molecule has 80 valence electrons. The lowest BCUT2D eigenvalue weighted by molar-refractivity contribution is -0.130. The number of hydrogen-bond acceptors (Lipinski definition) is 2. The van der Waals surface area contributed by atoms with Gasteiger partial charge in [0.15, 0.2) is 0 Å². The van der Waals surface area contributed by atoms with Crippen LogP contribution in [0.1, 0.15) is 32.6 Å². The number of carbonyl (C=O) groups excluding carboxylic acids is 1. The zero-order valence-electron chi connectivity index (χ0n) is 9.01. The molecule has 1 spiro atoms. The fourth-order valence-electron chi connectivity index (χ4n) is 2.80. The number of nitrogens with zero attached hydrogens (tertiary/aromatic N) is 1. The number of likely N-dealkylation sites (N-methyl/N-ethyl adjacent to an activating group) is 1. The summed E-state index contributed by atoms with van der Waals surface area (Å²) in [5.41, 5.74) is -0.0352. The lowest BCUT2D eigenvalue weighted by atomic mass is 9.85. The van der Waals surface area contributed by atoms with Crippen molar-refractivity contribution in [2.24, 2.45) is 5.41 Å². The van der Waals surface area contributed by atoms with Gasteiger partial charge < -0.3 is 10.2 Å². The summed E-state index contributed by atoms with van der Waals surface area (Å²) in [4.78, 5) is 14.4. The highest BCUT2D eigenvalue weighted by Crippen LogP contribution is 2.39. The molecule has 2 fully saturated rings. The van der Waals surface area contributed by atoms with Crippen molar-refractivity contribution in [2.45, 2.75) is 32.6 Å². The molecule has 0 unspecified atom stereocenters. The third kappa shape index (κ3) is 1.65. The minimum Gasteiger partial charge on any atom is -0.354 e. The maximum absolute atomic E-state index is 12.0. The van der Waals surface area contributed by atoms with Gasteiger partial charge in [-0.1, -0.05) is 19.8 Å². The maximum atomic E-state index is 12.0. The Balaban J connectivity index is 2.14. The molecule has 1 aliphatic carbocycles. The first-order chi connectivity index (χ1) is 6.77. The zero-order chi connectivity index (χ0) is 10.0. The topological polar surface area (TPSA) is 32.3 Å². The van der Waals surface area contributed by atoms with E-state index in [1.54, 1.807) is 0 Å². The van der Waals surface area contributed by atoms with Crippen molar-refractivity contribution in [2.75, 3.05) is 26.2 Å². The van der Waals surface area contributed by atoms with Crippen LogP contribution in [-0.4, -0.2) is 37.0 Å². The third-order valence-electron chi connectivity index (χ3n) is 3.73. The molecule has 1 amide bonds. The second kappa shape index (κ2) is 3.89. The third-order valence-corrected chi connectivity index (χ3v) is 3.73. The summed E-state index contributed by atoms with van der Waals surface area (Å²) in [5.74, 6) is 0.311. The zero-order valence-corrected chi connectivity index (χ0v) is 9.01. The molecule has 0 aromatic rings. The molecule has 1 N–H and O–H groups in total. The van der Waals surface area contributed by atoms with Crippen LogP contribution in [0.15, 0.2) is 0 Å². The largest absolute Gasteiger partial charge is 0.354 e. The van der Waals surface area contributed by atoms with Crippen LogP contribution in [0, 0.1) is 5.41 Å². The van der Waals surface area contributed by atoms with Gasteiger partial charge in [-0.25, -0.2) is 0 Å². The molecule has 0 radical (unpaired) electrons. The molecule has 1 heterocycles. The van der Waals surface area contributed by atoms with Gasteiger partial charge in [0.25, 0.3) is 0 Å². The summed E-state index contributed by atoms with van der Waals surface area (Å²) in [5, 5.41) is 3.06. The Labute approximate surface area is 85.8 Å². The highest BCUT2D eigenvalue weighted by Gasteiger charge is 2.43. The van der Waals surface area contributed by atoms with Crippen molar-refractivity contribution < 1.29 is 4.79 Å². The molecular formula is C11H20N2O. The predicted octanol–water partition coefficient (Wildman–Crippen LogP) is 0.998. The van der Waals surface area contributed by atoms with Gasteiger partial charge in [-0.15, -0.1) is 0 Å². The molecule has 2 rings (SSSR count). The van der Waals surface area contributed by atoms with E-state index in [1.165, 1.54) is 12.8 Å². The van der Waals surface area contributed by atoms with Crippen molar-refractivity contribution in [3.8, 4) is 0 Å². The van der Waals surface area contributed by atoms with Crippen molar-refractivity contribution in [3.05, 3.63) is 0 Å². The van der Waals surface area contributed by atoms with Crippen LogP contribution in [0.5, 0.6) is 0 Å². The Bertz CT molecular complexity index is 221. The minimum absolute atomic E-state index is 0.0352. The van der Waals surface area contributed by atoms with Gasteiger partial charge in [0, 0.05) is 19.6 Å². The maximum Gasteiger partial charge on any atom is 0.227 e. The van der Waals surface area contributed by atoms with Crippen LogP contribution in [0.2, 0.25) is 0 Å². The Morgan fingerprint density at radius 3 is 2.79 bits per heavy atom. The van der Waals surface area contributed by atoms with E-state index in [-0.39, 0.29) is 5.41 Å². The normalized spacial score (nSPS) is 27.6. The second-order valence-corrected chi connectivity index (χ2v) is 4.61. The lowest BCUT2D eigenvalue weighted by Gasteiger charge is -2.29. The van der Waals surface area contributed by atoms with E-state index in [0.29, 0.717) is 5.91 Å². The molecule has 3 nitrogen and oxygen atoms in total. The van der Waals surface area contributed by atoms with Gasteiger partial charge in [0.1, 0.15) is 0 Å². The molecule has 3 heteroatoms. The van der Waals surface area contributed by atoms with Crippen molar-refractivity contribution in [3.63, 3.8) is 0 Å². The summed E-state index contributed by atoms with van der Waals surface area (Å²) in [7, 11) is 0.